The lowest BCUT2D eigenvalue weighted by atomic mass is 9.95. The molecule has 1 amide bonds. The van der Waals surface area contributed by atoms with E-state index in [0.717, 1.165) is 42.5 Å². The minimum atomic E-state index is -0.375. The van der Waals surface area contributed by atoms with Crippen molar-refractivity contribution in [3.05, 3.63) is 58.1 Å². The molecule has 0 fully saturated rings. The van der Waals surface area contributed by atoms with Crippen LogP contribution in [-0.2, 0) is 24.1 Å². The summed E-state index contributed by atoms with van der Waals surface area (Å²) >= 11 is 1.47. The van der Waals surface area contributed by atoms with E-state index in [1.54, 1.807) is 23.0 Å². The van der Waals surface area contributed by atoms with Crippen LogP contribution in [0.1, 0.15) is 63.3 Å². The van der Waals surface area contributed by atoms with Crippen molar-refractivity contribution in [3.63, 3.8) is 0 Å². The van der Waals surface area contributed by atoms with E-state index >= 15 is 0 Å². The fourth-order valence-electron chi connectivity index (χ4n) is 3.44. The average Bonchev–Trinajstić information content (AvgIpc) is 3.46. The van der Waals surface area contributed by atoms with E-state index < -0.39 is 0 Å². The summed E-state index contributed by atoms with van der Waals surface area (Å²) in [6.07, 6.45) is 8.18. The molecular weight excluding hydrogens is 390 g/mol. The van der Waals surface area contributed by atoms with Crippen molar-refractivity contribution in [2.24, 2.45) is 0 Å². The number of rotatable bonds is 7. The number of nitrogens with one attached hydrogen (secondary N) is 1. The van der Waals surface area contributed by atoms with Gasteiger partial charge in [0.15, 0.2) is 5.76 Å². The lowest BCUT2D eigenvalue weighted by molar-refractivity contribution is 0.0505. The van der Waals surface area contributed by atoms with Crippen LogP contribution < -0.4 is 5.32 Å². The number of amides is 1. The molecule has 0 radical (unpaired) electrons. The smallest absolute Gasteiger partial charge is 0.341 e. The first kappa shape index (κ1) is 19.4. The van der Waals surface area contributed by atoms with Crippen molar-refractivity contribution in [2.75, 3.05) is 11.9 Å². The Morgan fingerprint density at radius 3 is 2.97 bits per heavy atom. The molecule has 3 heterocycles. The van der Waals surface area contributed by atoms with Gasteiger partial charge in [-0.15, -0.1) is 11.3 Å². The first-order valence-electron chi connectivity index (χ1n) is 9.85. The van der Waals surface area contributed by atoms with Gasteiger partial charge in [0.2, 0.25) is 0 Å². The number of hydrogen-bond acceptors (Lipinski definition) is 6. The van der Waals surface area contributed by atoms with Gasteiger partial charge in [0.1, 0.15) is 10.8 Å². The molecule has 0 saturated heterocycles. The normalized spacial score (nSPS) is 13.1. The highest BCUT2D eigenvalue weighted by Crippen LogP contribution is 2.38. The van der Waals surface area contributed by atoms with Crippen LogP contribution in [0.25, 0.3) is 0 Å². The molecule has 0 spiro atoms. The SMILES string of the molecule is CCCOC(=O)c1c(NC(=O)c2ccc(Cn3cccn3)o2)sc2c1CCCC2. The van der Waals surface area contributed by atoms with E-state index in [-0.39, 0.29) is 17.6 Å². The minimum absolute atomic E-state index is 0.200. The van der Waals surface area contributed by atoms with Crippen molar-refractivity contribution >= 4 is 28.2 Å². The number of aromatic nitrogens is 2. The Bertz CT molecular complexity index is 1000. The molecule has 1 aliphatic rings. The predicted octanol–water partition coefficient (Wildman–Crippen LogP) is 4.28. The predicted molar refractivity (Wildman–Crippen MR) is 110 cm³/mol. The van der Waals surface area contributed by atoms with Crippen LogP contribution in [0.15, 0.2) is 35.0 Å². The number of aryl methyl sites for hydroxylation is 1. The first-order valence-corrected chi connectivity index (χ1v) is 10.7. The molecule has 8 heteroatoms. The molecular formula is C21H23N3O4S. The van der Waals surface area contributed by atoms with Gasteiger partial charge >= 0.3 is 5.97 Å². The summed E-state index contributed by atoms with van der Waals surface area (Å²) in [5.74, 6) is 0.0959. The van der Waals surface area contributed by atoms with Crippen molar-refractivity contribution in [2.45, 2.75) is 45.6 Å². The standard InChI is InChI=1S/C21H23N3O4S/c1-2-12-27-21(26)18-15-6-3-4-7-17(15)29-20(18)23-19(25)16-9-8-14(28-16)13-24-11-5-10-22-24/h5,8-11H,2-4,6-7,12-13H2,1H3,(H,23,25). The summed E-state index contributed by atoms with van der Waals surface area (Å²) in [5.41, 5.74) is 1.53. The molecule has 0 atom stereocenters. The molecule has 0 bridgehead atoms. The number of carbonyl (C=O) groups excluding carboxylic acids is 2. The summed E-state index contributed by atoms with van der Waals surface area (Å²) in [7, 11) is 0. The van der Waals surface area contributed by atoms with Crippen LogP contribution in [0.2, 0.25) is 0 Å². The Kier molecular flexibility index (Phi) is 5.80. The van der Waals surface area contributed by atoms with Crippen LogP contribution in [-0.4, -0.2) is 28.3 Å². The molecule has 3 aromatic heterocycles. The van der Waals surface area contributed by atoms with Gasteiger partial charge in [-0.1, -0.05) is 6.92 Å². The van der Waals surface area contributed by atoms with Gasteiger partial charge < -0.3 is 14.5 Å². The summed E-state index contributed by atoms with van der Waals surface area (Å²) in [4.78, 5) is 26.6. The maximum Gasteiger partial charge on any atom is 0.341 e. The maximum atomic E-state index is 12.8. The van der Waals surface area contributed by atoms with Gasteiger partial charge in [0.25, 0.3) is 5.91 Å². The van der Waals surface area contributed by atoms with E-state index in [4.69, 9.17) is 9.15 Å². The second kappa shape index (κ2) is 8.65. The van der Waals surface area contributed by atoms with Gasteiger partial charge in [-0.2, -0.15) is 5.10 Å². The second-order valence-electron chi connectivity index (χ2n) is 6.97. The first-order chi connectivity index (χ1) is 14.2. The van der Waals surface area contributed by atoms with Crippen LogP contribution >= 0.6 is 11.3 Å². The zero-order valence-electron chi connectivity index (χ0n) is 16.3. The molecule has 152 valence electrons. The molecule has 7 nitrogen and oxygen atoms in total. The van der Waals surface area contributed by atoms with Crippen LogP contribution in [0.5, 0.6) is 0 Å². The summed E-state index contributed by atoms with van der Waals surface area (Å²) in [5, 5.41) is 7.56. The van der Waals surface area contributed by atoms with E-state index in [0.29, 0.717) is 29.5 Å². The minimum Gasteiger partial charge on any atom is -0.462 e. The van der Waals surface area contributed by atoms with E-state index in [1.165, 1.54) is 11.3 Å². The number of anilines is 1. The number of thiophene rings is 1. The van der Waals surface area contributed by atoms with E-state index in [2.05, 4.69) is 10.4 Å². The fraction of sp³-hybridized carbons (Fsp3) is 0.381. The molecule has 4 rings (SSSR count). The Balaban J connectivity index is 1.54. The molecule has 1 aliphatic carbocycles. The van der Waals surface area contributed by atoms with E-state index in [1.807, 2.05) is 19.2 Å². The highest BCUT2D eigenvalue weighted by atomic mass is 32.1. The number of ether oxygens (including phenoxy) is 1. The summed E-state index contributed by atoms with van der Waals surface area (Å²) < 4.78 is 12.8. The van der Waals surface area contributed by atoms with Gasteiger partial charge in [-0.05, 0) is 55.9 Å². The fourth-order valence-corrected chi connectivity index (χ4v) is 4.71. The molecule has 0 unspecified atom stereocenters. The maximum absolute atomic E-state index is 12.8. The number of fused-ring (bicyclic) bond motifs is 1. The van der Waals surface area contributed by atoms with Crippen LogP contribution in [0.3, 0.4) is 0 Å². The number of carbonyl (C=O) groups is 2. The third kappa shape index (κ3) is 4.27. The number of esters is 1. The third-order valence-electron chi connectivity index (χ3n) is 4.80. The molecule has 0 saturated carbocycles. The Morgan fingerprint density at radius 1 is 1.31 bits per heavy atom. The third-order valence-corrected chi connectivity index (χ3v) is 6.01. The monoisotopic (exact) mass is 413 g/mol. The molecule has 0 aromatic carbocycles. The second-order valence-corrected chi connectivity index (χ2v) is 8.08. The molecule has 3 aromatic rings. The lowest BCUT2D eigenvalue weighted by Crippen LogP contribution is -2.15. The number of nitrogens with zero attached hydrogens (tertiary/aromatic N) is 2. The van der Waals surface area contributed by atoms with Crippen molar-refractivity contribution in [3.8, 4) is 0 Å². The van der Waals surface area contributed by atoms with Gasteiger partial charge in [-0.3, -0.25) is 9.48 Å². The van der Waals surface area contributed by atoms with Crippen molar-refractivity contribution < 1.29 is 18.7 Å². The summed E-state index contributed by atoms with van der Waals surface area (Å²) in [6.45, 7) is 2.77. The van der Waals surface area contributed by atoms with E-state index in [9.17, 15) is 9.59 Å². The lowest BCUT2D eigenvalue weighted by Gasteiger charge is -2.12. The number of furan rings is 1. The topological polar surface area (TPSA) is 86.4 Å². The average molecular weight is 413 g/mol. The quantitative estimate of drug-likeness (QED) is 0.584. The summed E-state index contributed by atoms with van der Waals surface area (Å²) in [6, 6.07) is 5.22. The Hall–Kier alpha value is -2.87. The largest absolute Gasteiger partial charge is 0.462 e. The Labute approximate surface area is 172 Å². The Morgan fingerprint density at radius 2 is 2.17 bits per heavy atom. The van der Waals surface area contributed by atoms with Crippen molar-refractivity contribution in [1.82, 2.24) is 9.78 Å². The molecule has 0 aliphatic heterocycles. The molecule has 1 N–H and O–H groups in total. The number of hydrogen-bond donors (Lipinski definition) is 1. The zero-order chi connectivity index (χ0) is 20.2. The molecule has 29 heavy (non-hydrogen) atoms. The highest BCUT2D eigenvalue weighted by molar-refractivity contribution is 7.17. The van der Waals surface area contributed by atoms with Crippen molar-refractivity contribution in [1.29, 1.82) is 0 Å². The van der Waals surface area contributed by atoms with Gasteiger partial charge in [0.05, 0.1) is 18.7 Å². The van der Waals surface area contributed by atoms with Gasteiger partial charge in [0, 0.05) is 17.3 Å². The zero-order valence-corrected chi connectivity index (χ0v) is 17.1. The van der Waals surface area contributed by atoms with Crippen LogP contribution in [0, 0.1) is 0 Å². The van der Waals surface area contributed by atoms with Crippen LogP contribution in [0.4, 0.5) is 5.00 Å². The highest BCUT2D eigenvalue weighted by Gasteiger charge is 2.28. The van der Waals surface area contributed by atoms with Gasteiger partial charge in [-0.25, -0.2) is 4.79 Å².